The van der Waals surface area contributed by atoms with Crippen molar-refractivity contribution in [1.29, 1.82) is 0 Å². The normalized spacial score (nSPS) is 55.8. The molecular weight excluding hydrogens is 304 g/mol. The molecule has 0 unspecified atom stereocenters. The smallest absolute Gasteiger partial charge is 0.312 e. The topological polar surface area (TPSA) is 74.6 Å². The molecule has 0 saturated heterocycles. The molecule has 8 atom stereocenters. The predicted octanol–water partition coefficient (Wildman–Crippen LogP) is 3.05. The number of carbonyl (C=O) groups is 2. The van der Waals surface area contributed by atoms with E-state index in [9.17, 15) is 19.8 Å². The van der Waals surface area contributed by atoms with Gasteiger partial charge in [-0.2, -0.15) is 0 Å². The van der Waals surface area contributed by atoms with E-state index in [1.165, 1.54) is 5.57 Å². The maximum Gasteiger partial charge on any atom is 0.312 e. The lowest BCUT2D eigenvalue weighted by atomic mass is 9.52. The molecule has 0 heterocycles. The average Bonchev–Trinajstić information content (AvgIpc) is 2.91. The fraction of sp³-hybridized carbons (Fsp3) is 0.800. The number of aliphatic carboxylic acids is 1. The third kappa shape index (κ3) is 1.59. The van der Waals surface area contributed by atoms with E-state index in [1.54, 1.807) is 6.92 Å². The Labute approximate surface area is 143 Å². The Hall–Kier alpha value is -1.16. The highest BCUT2D eigenvalue weighted by molar-refractivity contribution is 5.77. The van der Waals surface area contributed by atoms with Gasteiger partial charge in [0.15, 0.2) is 0 Å². The highest BCUT2D eigenvalue weighted by atomic mass is 16.4. The fourth-order valence-corrected chi connectivity index (χ4v) is 7.73. The SMILES string of the molecule is C=C1C[C@@]23C[C@H]1CC[C@H]2[C@]1(C)CC[C@H](O)[C@@](C)(C(=O)O)[C@H]1[C@@H]3C=O. The second-order valence-corrected chi connectivity index (χ2v) is 9.39. The van der Waals surface area contributed by atoms with E-state index in [1.807, 2.05) is 0 Å². The van der Waals surface area contributed by atoms with Gasteiger partial charge in [-0.1, -0.05) is 19.1 Å². The van der Waals surface area contributed by atoms with E-state index in [4.69, 9.17) is 0 Å². The van der Waals surface area contributed by atoms with Gasteiger partial charge in [0.2, 0.25) is 0 Å². The Morgan fingerprint density at radius 1 is 1.29 bits per heavy atom. The summed E-state index contributed by atoms with van der Waals surface area (Å²) in [7, 11) is 0. The zero-order chi connectivity index (χ0) is 17.5. The van der Waals surface area contributed by atoms with Crippen LogP contribution in [0.1, 0.15) is 52.4 Å². The Morgan fingerprint density at radius 3 is 2.62 bits per heavy atom. The number of aldehydes is 1. The lowest BCUT2D eigenvalue weighted by molar-refractivity contribution is -0.178. The molecule has 4 heteroatoms. The van der Waals surface area contributed by atoms with Gasteiger partial charge >= 0.3 is 5.97 Å². The molecule has 0 aromatic heterocycles. The van der Waals surface area contributed by atoms with Crippen LogP contribution in [0.25, 0.3) is 0 Å². The van der Waals surface area contributed by atoms with Crippen molar-refractivity contribution in [2.75, 3.05) is 0 Å². The highest BCUT2D eigenvalue weighted by Gasteiger charge is 2.74. The first-order valence-electron chi connectivity index (χ1n) is 9.26. The van der Waals surface area contributed by atoms with Crippen LogP contribution in [0.4, 0.5) is 0 Å². The van der Waals surface area contributed by atoms with Crippen molar-refractivity contribution in [3.05, 3.63) is 12.2 Å². The molecule has 4 fully saturated rings. The quantitative estimate of drug-likeness (QED) is 0.602. The lowest BCUT2D eigenvalue weighted by Gasteiger charge is -2.52. The maximum atomic E-state index is 12.3. The summed E-state index contributed by atoms with van der Waals surface area (Å²) in [6, 6.07) is 0. The van der Waals surface area contributed by atoms with Crippen LogP contribution in [0.15, 0.2) is 12.2 Å². The van der Waals surface area contributed by atoms with Gasteiger partial charge in [-0.25, -0.2) is 0 Å². The number of rotatable bonds is 2. The molecule has 4 nitrogen and oxygen atoms in total. The predicted molar refractivity (Wildman–Crippen MR) is 89.2 cm³/mol. The van der Waals surface area contributed by atoms with Crippen LogP contribution in [0.3, 0.4) is 0 Å². The Morgan fingerprint density at radius 2 is 2.00 bits per heavy atom. The third-order valence-electron chi connectivity index (χ3n) is 8.69. The number of carbonyl (C=O) groups excluding carboxylic acids is 1. The Kier molecular flexibility index (Phi) is 3.21. The van der Waals surface area contributed by atoms with Crippen LogP contribution < -0.4 is 0 Å². The largest absolute Gasteiger partial charge is 0.481 e. The van der Waals surface area contributed by atoms with Crippen LogP contribution in [-0.2, 0) is 9.59 Å². The van der Waals surface area contributed by atoms with Crippen LogP contribution in [-0.4, -0.2) is 28.6 Å². The zero-order valence-electron chi connectivity index (χ0n) is 14.6. The first kappa shape index (κ1) is 16.3. The maximum absolute atomic E-state index is 12.3. The van der Waals surface area contributed by atoms with E-state index in [2.05, 4.69) is 13.5 Å². The fourth-order valence-electron chi connectivity index (χ4n) is 7.73. The highest BCUT2D eigenvalue weighted by Crippen LogP contribution is 2.77. The average molecular weight is 332 g/mol. The molecule has 24 heavy (non-hydrogen) atoms. The molecule has 2 bridgehead atoms. The molecule has 4 aliphatic rings. The van der Waals surface area contributed by atoms with Gasteiger partial charge in [0.25, 0.3) is 0 Å². The molecule has 0 aliphatic heterocycles. The molecular formula is C20H28O4. The van der Waals surface area contributed by atoms with Crippen LogP contribution >= 0.6 is 0 Å². The molecule has 4 rings (SSSR count). The molecule has 4 saturated carbocycles. The second kappa shape index (κ2) is 4.72. The number of hydrogen-bond acceptors (Lipinski definition) is 3. The number of carboxylic acid groups (broad SMARTS) is 1. The standard InChI is InChI=1S/C20H28O4/c1-11-8-20-9-12(11)4-5-14(20)18(2)7-6-15(22)19(3,17(23)24)16(18)13(20)10-21/h10,12-16,22H,1,4-9H2,2-3H3,(H,23,24)/t12-,13+,14+,15+,16+,18+,19-,20+/m1/s1. The number of fused-ring (bicyclic) bond motifs is 3. The Bertz CT molecular complexity index is 627. The summed E-state index contributed by atoms with van der Waals surface area (Å²) in [5.74, 6) is -0.675. The van der Waals surface area contributed by atoms with Crippen molar-refractivity contribution < 1.29 is 19.8 Å². The number of aliphatic hydroxyl groups is 1. The molecule has 2 N–H and O–H groups in total. The number of carboxylic acids is 1. The number of aliphatic hydroxyl groups excluding tert-OH is 1. The van der Waals surface area contributed by atoms with Crippen molar-refractivity contribution in [3.63, 3.8) is 0 Å². The molecule has 0 radical (unpaired) electrons. The monoisotopic (exact) mass is 332 g/mol. The van der Waals surface area contributed by atoms with Crippen molar-refractivity contribution >= 4 is 12.3 Å². The minimum absolute atomic E-state index is 0.123. The third-order valence-corrected chi connectivity index (χ3v) is 8.69. The van der Waals surface area contributed by atoms with Crippen LogP contribution in [0.5, 0.6) is 0 Å². The van der Waals surface area contributed by atoms with E-state index >= 15 is 0 Å². The summed E-state index contributed by atoms with van der Waals surface area (Å²) in [5, 5.41) is 20.6. The van der Waals surface area contributed by atoms with E-state index in [0.29, 0.717) is 18.3 Å². The summed E-state index contributed by atoms with van der Waals surface area (Å²) < 4.78 is 0. The Balaban J connectivity index is 1.91. The molecule has 0 amide bonds. The van der Waals surface area contributed by atoms with Crippen molar-refractivity contribution in [3.8, 4) is 0 Å². The van der Waals surface area contributed by atoms with Gasteiger partial charge in [-0.15, -0.1) is 0 Å². The second-order valence-electron chi connectivity index (χ2n) is 9.39. The number of hydrogen-bond donors (Lipinski definition) is 2. The van der Waals surface area contributed by atoms with Gasteiger partial charge in [0.05, 0.1) is 11.5 Å². The van der Waals surface area contributed by atoms with Gasteiger partial charge < -0.3 is 15.0 Å². The molecule has 1 spiro atoms. The first-order chi connectivity index (χ1) is 11.2. The summed E-state index contributed by atoms with van der Waals surface area (Å²) in [6.45, 7) is 8.14. The van der Waals surface area contributed by atoms with Crippen molar-refractivity contribution in [1.82, 2.24) is 0 Å². The molecule has 4 aliphatic carbocycles. The van der Waals surface area contributed by atoms with Crippen molar-refractivity contribution in [2.45, 2.75) is 58.5 Å². The van der Waals surface area contributed by atoms with E-state index in [-0.39, 0.29) is 22.7 Å². The van der Waals surface area contributed by atoms with Gasteiger partial charge in [0.1, 0.15) is 6.29 Å². The van der Waals surface area contributed by atoms with E-state index < -0.39 is 17.5 Å². The van der Waals surface area contributed by atoms with Gasteiger partial charge in [-0.3, -0.25) is 4.79 Å². The van der Waals surface area contributed by atoms with Crippen molar-refractivity contribution in [2.24, 2.45) is 39.9 Å². The van der Waals surface area contributed by atoms with Crippen LogP contribution in [0.2, 0.25) is 0 Å². The molecule has 0 aromatic rings. The zero-order valence-corrected chi connectivity index (χ0v) is 14.6. The summed E-state index contributed by atoms with van der Waals surface area (Å²) in [4.78, 5) is 24.5. The van der Waals surface area contributed by atoms with Gasteiger partial charge in [-0.05, 0) is 74.0 Å². The summed E-state index contributed by atoms with van der Waals surface area (Å²) >= 11 is 0. The number of allylic oxidation sites excluding steroid dienone is 1. The lowest BCUT2D eigenvalue weighted by Crippen LogP contribution is -2.56. The summed E-state index contributed by atoms with van der Waals surface area (Å²) in [6.07, 6.45) is 5.50. The minimum Gasteiger partial charge on any atom is -0.481 e. The van der Waals surface area contributed by atoms with Crippen LogP contribution in [0, 0.1) is 39.9 Å². The summed E-state index contributed by atoms with van der Waals surface area (Å²) in [5.41, 5.74) is -0.302. The first-order valence-corrected chi connectivity index (χ1v) is 9.26. The minimum atomic E-state index is -1.25. The molecule has 0 aromatic carbocycles. The molecule has 132 valence electrons. The van der Waals surface area contributed by atoms with Gasteiger partial charge in [0, 0.05) is 5.92 Å². The van der Waals surface area contributed by atoms with E-state index in [0.717, 1.165) is 38.4 Å².